The number of hydrogen-bond donors (Lipinski definition) is 1. The van der Waals surface area contributed by atoms with Crippen molar-refractivity contribution in [2.45, 2.75) is 6.42 Å². The third kappa shape index (κ3) is 3.24. The van der Waals surface area contributed by atoms with Gasteiger partial charge in [0, 0.05) is 19.8 Å². The van der Waals surface area contributed by atoms with Gasteiger partial charge >= 0.3 is 5.97 Å². The number of carbonyl (C=O) groups is 1. The fourth-order valence-electron chi connectivity index (χ4n) is 1.51. The normalized spacial score (nSPS) is 9.59. The van der Waals surface area contributed by atoms with E-state index in [0.29, 0.717) is 5.70 Å². The molecule has 0 aliphatic carbocycles. The van der Waals surface area contributed by atoms with E-state index in [1.54, 1.807) is 0 Å². The van der Waals surface area contributed by atoms with Crippen molar-refractivity contribution in [3.05, 3.63) is 36.5 Å². The largest absolute Gasteiger partial charge is 0.469 e. The van der Waals surface area contributed by atoms with E-state index in [-0.39, 0.29) is 12.4 Å². The van der Waals surface area contributed by atoms with Gasteiger partial charge in [-0.05, 0) is 12.1 Å². The van der Waals surface area contributed by atoms with Crippen LogP contribution in [0.4, 0.5) is 11.4 Å². The fraction of sp³-hybridized carbons (Fsp3) is 0.308. The molecule has 0 saturated carbocycles. The Morgan fingerprint density at radius 3 is 2.71 bits per heavy atom. The molecular weight excluding hydrogens is 216 g/mol. The lowest BCUT2D eigenvalue weighted by molar-refractivity contribution is -0.139. The van der Waals surface area contributed by atoms with Crippen LogP contribution in [0.15, 0.2) is 36.5 Å². The number of anilines is 2. The first-order valence-electron chi connectivity index (χ1n) is 5.35. The van der Waals surface area contributed by atoms with Gasteiger partial charge in [0.05, 0.1) is 24.9 Å². The maximum Gasteiger partial charge on any atom is 0.311 e. The number of nitrogens with one attached hydrogen (secondary N) is 1. The zero-order chi connectivity index (χ0) is 12.8. The van der Waals surface area contributed by atoms with Crippen molar-refractivity contribution in [3.8, 4) is 0 Å². The summed E-state index contributed by atoms with van der Waals surface area (Å²) < 4.78 is 4.62. The summed E-state index contributed by atoms with van der Waals surface area (Å²) in [6, 6.07) is 7.83. The van der Waals surface area contributed by atoms with Crippen LogP contribution in [0, 0.1) is 0 Å². The molecule has 0 amide bonds. The molecule has 1 rings (SSSR count). The highest BCUT2D eigenvalue weighted by atomic mass is 16.5. The van der Waals surface area contributed by atoms with Crippen LogP contribution < -0.4 is 10.2 Å². The lowest BCUT2D eigenvalue weighted by Crippen LogP contribution is -2.19. The molecule has 0 heterocycles. The Bertz CT molecular complexity index is 416. The van der Waals surface area contributed by atoms with Crippen LogP contribution >= 0.6 is 0 Å². The Morgan fingerprint density at radius 2 is 2.12 bits per heavy atom. The summed E-state index contributed by atoms with van der Waals surface area (Å²) in [7, 11) is 5.11. The maximum atomic E-state index is 11.2. The molecule has 0 unspecified atom stereocenters. The van der Waals surface area contributed by atoms with Crippen LogP contribution in [-0.4, -0.2) is 27.2 Å². The van der Waals surface area contributed by atoms with Gasteiger partial charge in [-0.15, -0.1) is 0 Å². The summed E-state index contributed by atoms with van der Waals surface area (Å²) in [5, 5.41) is 3.10. The van der Waals surface area contributed by atoms with E-state index < -0.39 is 0 Å². The molecule has 1 aromatic rings. The minimum Gasteiger partial charge on any atom is -0.469 e. The Morgan fingerprint density at radius 1 is 1.47 bits per heavy atom. The lowest BCUT2D eigenvalue weighted by Gasteiger charge is -2.23. The molecule has 0 aliphatic rings. The number of ether oxygens (including phenoxy) is 1. The summed E-state index contributed by atoms with van der Waals surface area (Å²) in [5.41, 5.74) is 2.66. The van der Waals surface area contributed by atoms with Crippen LogP contribution in [0.2, 0.25) is 0 Å². The van der Waals surface area contributed by atoms with Crippen molar-refractivity contribution in [2.24, 2.45) is 0 Å². The Hall–Kier alpha value is -1.97. The molecule has 4 heteroatoms. The van der Waals surface area contributed by atoms with Crippen molar-refractivity contribution in [2.75, 3.05) is 31.4 Å². The van der Waals surface area contributed by atoms with Gasteiger partial charge in [-0.25, -0.2) is 0 Å². The second-order valence-corrected chi connectivity index (χ2v) is 3.65. The molecule has 0 radical (unpaired) electrons. The van der Waals surface area contributed by atoms with E-state index >= 15 is 0 Å². The van der Waals surface area contributed by atoms with Gasteiger partial charge in [0.25, 0.3) is 0 Å². The van der Waals surface area contributed by atoms with Gasteiger partial charge in [0.1, 0.15) is 0 Å². The predicted molar refractivity (Wildman–Crippen MR) is 70.2 cm³/mol. The lowest BCUT2D eigenvalue weighted by atomic mass is 10.2. The average molecular weight is 234 g/mol. The van der Waals surface area contributed by atoms with Gasteiger partial charge in [-0.1, -0.05) is 18.7 Å². The van der Waals surface area contributed by atoms with Crippen LogP contribution in [-0.2, 0) is 9.53 Å². The number of hydrogen-bond acceptors (Lipinski definition) is 4. The second kappa shape index (κ2) is 5.94. The SMILES string of the molecule is C=C(CC(=O)OC)N(C)c1ccccc1NC. The molecular formula is C13H18N2O2. The quantitative estimate of drug-likeness (QED) is 0.793. The van der Waals surface area contributed by atoms with E-state index in [0.717, 1.165) is 11.4 Å². The highest BCUT2D eigenvalue weighted by Crippen LogP contribution is 2.27. The third-order valence-corrected chi connectivity index (χ3v) is 2.59. The van der Waals surface area contributed by atoms with E-state index in [1.807, 2.05) is 43.3 Å². The van der Waals surface area contributed by atoms with Gasteiger partial charge in [0.2, 0.25) is 0 Å². The summed E-state index contributed by atoms with van der Waals surface area (Å²) in [6.07, 6.45) is 0.186. The molecule has 0 aliphatic heterocycles. The molecule has 0 atom stereocenters. The van der Waals surface area contributed by atoms with E-state index in [1.165, 1.54) is 7.11 Å². The topological polar surface area (TPSA) is 41.6 Å². The minimum absolute atomic E-state index is 0.186. The summed E-state index contributed by atoms with van der Waals surface area (Å²) in [4.78, 5) is 13.1. The molecule has 17 heavy (non-hydrogen) atoms. The van der Waals surface area contributed by atoms with Crippen LogP contribution in [0.1, 0.15) is 6.42 Å². The Kier molecular flexibility index (Phi) is 4.57. The highest BCUT2D eigenvalue weighted by Gasteiger charge is 2.12. The molecule has 0 spiro atoms. The molecule has 0 bridgehead atoms. The van der Waals surface area contributed by atoms with Crippen molar-refractivity contribution >= 4 is 17.3 Å². The van der Waals surface area contributed by atoms with Crippen molar-refractivity contribution < 1.29 is 9.53 Å². The summed E-state index contributed by atoms with van der Waals surface area (Å²) in [5.74, 6) is -0.288. The Balaban J connectivity index is 2.84. The van der Waals surface area contributed by atoms with Crippen LogP contribution in [0.3, 0.4) is 0 Å². The predicted octanol–water partition coefficient (Wildman–Crippen LogP) is 2.24. The molecule has 4 nitrogen and oxygen atoms in total. The smallest absolute Gasteiger partial charge is 0.311 e. The molecule has 0 saturated heterocycles. The standard InChI is InChI=1S/C13H18N2O2/c1-10(9-13(16)17-4)15(3)12-8-6-5-7-11(12)14-2/h5-8,14H,1,9H2,2-4H3. The first-order valence-corrected chi connectivity index (χ1v) is 5.35. The number of esters is 1. The number of para-hydroxylation sites is 2. The van der Waals surface area contributed by atoms with Crippen LogP contribution in [0.5, 0.6) is 0 Å². The van der Waals surface area contributed by atoms with Gasteiger partial charge in [-0.2, -0.15) is 0 Å². The summed E-state index contributed by atoms with van der Waals surface area (Å²) >= 11 is 0. The minimum atomic E-state index is -0.288. The highest BCUT2D eigenvalue weighted by molar-refractivity contribution is 5.76. The van der Waals surface area contributed by atoms with Crippen molar-refractivity contribution in [3.63, 3.8) is 0 Å². The summed E-state index contributed by atoms with van der Waals surface area (Å²) in [6.45, 7) is 3.89. The molecule has 1 aromatic carbocycles. The first-order chi connectivity index (χ1) is 8.10. The number of benzene rings is 1. The van der Waals surface area contributed by atoms with Gasteiger partial charge < -0.3 is 15.0 Å². The second-order valence-electron chi connectivity index (χ2n) is 3.65. The average Bonchev–Trinajstić information content (AvgIpc) is 2.37. The number of nitrogens with zero attached hydrogens (tertiary/aromatic N) is 1. The van der Waals surface area contributed by atoms with Crippen LogP contribution in [0.25, 0.3) is 0 Å². The van der Waals surface area contributed by atoms with Gasteiger partial charge in [0.15, 0.2) is 0 Å². The van der Waals surface area contributed by atoms with Crippen molar-refractivity contribution in [1.82, 2.24) is 0 Å². The number of methoxy groups -OCH3 is 1. The zero-order valence-electron chi connectivity index (χ0n) is 10.5. The van der Waals surface area contributed by atoms with Crippen molar-refractivity contribution in [1.29, 1.82) is 0 Å². The molecule has 92 valence electrons. The number of rotatable bonds is 5. The maximum absolute atomic E-state index is 11.2. The van der Waals surface area contributed by atoms with Gasteiger partial charge in [-0.3, -0.25) is 4.79 Å². The molecule has 1 N–H and O–H groups in total. The Labute approximate surface area is 102 Å². The molecule has 0 fully saturated rings. The van der Waals surface area contributed by atoms with E-state index in [2.05, 4.69) is 16.6 Å². The first kappa shape index (κ1) is 13.1. The van der Waals surface area contributed by atoms with E-state index in [9.17, 15) is 4.79 Å². The van der Waals surface area contributed by atoms with E-state index in [4.69, 9.17) is 0 Å². The zero-order valence-corrected chi connectivity index (χ0v) is 10.5. The third-order valence-electron chi connectivity index (χ3n) is 2.59. The number of carbonyl (C=O) groups excluding carboxylic acids is 1. The monoisotopic (exact) mass is 234 g/mol. The fourth-order valence-corrected chi connectivity index (χ4v) is 1.51. The molecule has 0 aromatic heterocycles.